The molecule has 1 atom stereocenters. The average Bonchev–Trinajstić information content (AvgIpc) is 2.82. The van der Waals surface area contributed by atoms with Crippen LogP contribution >= 0.6 is 0 Å². The van der Waals surface area contributed by atoms with Gasteiger partial charge in [0.1, 0.15) is 0 Å². The van der Waals surface area contributed by atoms with Crippen molar-refractivity contribution in [3.63, 3.8) is 0 Å². The van der Waals surface area contributed by atoms with Crippen molar-refractivity contribution in [1.82, 2.24) is 5.32 Å². The van der Waals surface area contributed by atoms with Gasteiger partial charge in [0.05, 0.1) is 26.9 Å². The smallest absolute Gasteiger partial charge is 0.252 e. The fourth-order valence-corrected chi connectivity index (χ4v) is 3.31. The molecule has 0 saturated heterocycles. The van der Waals surface area contributed by atoms with Crippen LogP contribution in [0.15, 0.2) is 72.8 Å². The van der Waals surface area contributed by atoms with Crippen molar-refractivity contribution in [3.8, 4) is 11.5 Å². The van der Waals surface area contributed by atoms with Crippen LogP contribution in [0, 0.1) is 0 Å². The number of methoxy groups -OCH3 is 2. The van der Waals surface area contributed by atoms with Crippen LogP contribution in [0.25, 0.3) is 12.2 Å². The predicted octanol–water partition coefficient (Wildman–Crippen LogP) is 4.21. The third-order valence-electron chi connectivity index (χ3n) is 4.95. The Balaban J connectivity index is 1.76. The van der Waals surface area contributed by atoms with E-state index in [0.29, 0.717) is 23.5 Å². The summed E-state index contributed by atoms with van der Waals surface area (Å²) in [6.45, 7) is -0.135. The molecule has 5 heteroatoms. The van der Waals surface area contributed by atoms with Crippen molar-refractivity contribution in [2.45, 2.75) is 12.5 Å². The fourth-order valence-electron chi connectivity index (χ4n) is 3.31. The van der Waals surface area contributed by atoms with E-state index in [2.05, 4.69) is 5.32 Å². The van der Waals surface area contributed by atoms with Crippen LogP contribution in [-0.4, -0.2) is 37.9 Å². The number of carbonyl (C=O) groups is 1. The Kier molecular flexibility index (Phi) is 7.85. The van der Waals surface area contributed by atoms with Crippen molar-refractivity contribution in [3.05, 3.63) is 95.1 Å². The molecule has 3 aromatic rings. The molecule has 31 heavy (non-hydrogen) atoms. The summed E-state index contributed by atoms with van der Waals surface area (Å²) < 4.78 is 10.6. The maximum absolute atomic E-state index is 12.9. The van der Waals surface area contributed by atoms with Gasteiger partial charge in [-0.15, -0.1) is 0 Å². The lowest BCUT2D eigenvalue weighted by Gasteiger charge is -2.17. The van der Waals surface area contributed by atoms with E-state index in [1.165, 1.54) is 0 Å². The minimum atomic E-state index is -0.363. The Labute approximate surface area is 183 Å². The molecule has 0 fully saturated rings. The first-order valence-corrected chi connectivity index (χ1v) is 10.1. The number of nitrogens with one attached hydrogen (secondary N) is 1. The minimum Gasteiger partial charge on any atom is -0.493 e. The summed E-state index contributed by atoms with van der Waals surface area (Å²) in [4.78, 5) is 12.9. The third-order valence-corrected chi connectivity index (χ3v) is 4.95. The van der Waals surface area contributed by atoms with E-state index in [4.69, 9.17) is 9.47 Å². The highest BCUT2D eigenvalue weighted by atomic mass is 16.5. The lowest BCUT2D eigenvalue weighted by atomic mass is 10.0. The van der Waals surface area contributed by atoms with Crippen LogP contribution in [-0.2, 0) is 6.42 Å². The first-order valence-electron chi connectivity index (χ1n) is 10.1. The highest BCUT2D eigenvalue weighted by molar-refractivity contribution is 5.98. The van der Waals surface area contributed by atoms with Crippen LogP contribution in [0.2, 0.25) is 0 Å². The van der Waals surface area contributed by atoms with Crippen molar-refractivity contribution >= 4 is 18.1 Å². The van der Waals surface area contributed by atoms with Crippen molar-refractivity contribution in [1.29, 1.82) is 0 Å². The summed E-state index contributed by atoms with van der Waals surface area (Å²) in [6, 6.07) is 22.4. The second kappa shape index (κ2) is 11.0. The monoisotopic (exact) mass is 417 g/mol. The predicted molar refractivity (Wildman–Crippen MR) is 123 cm³/mol. The first-order chi connectivity index (χ1) is 15.1. The van der Waals surface area contributed by atoms with Gasteiger partial charge in [-0.05, 0) is 41.3 Å². The Morgan fingerprint density at radius 1 is 0.935 bits per heavy atom. The molecule has 0 radical (unpaired) electrons. The van der Waals surface area contributed by atoms with Crippen LogP contribution < -0.4 is 14.8 Å². The number of benzene rings is 3. The second-order valence-electron chi connectivity index (χ2n) is 7.08. The molecule has 160 valence electrons. The summed E-state index contributed by atoms with van der Waals surface area (Å²) in [6.07, 6.45) is 4.37. The molecule has 0 bridgehead atoms. The van der Waals surface area contributed by atoms with E-state index in [-0.39, 0.29) is 18.6 Å². The van der Waals surface area contributed by atoms with Gasteiger partial charge in [-0.1, -0.05) is 66.7 Å². The Bertz CT molecular complexity index is 1030. The largest absolute Gasteiger partial charge is 0.493 e. The Hall–Kier alpha value is -3.57. The first kappa shape index (κ1) is 22.1. The Morgan fingerprint density at radius 3 is 2.35 bits per heavy atom. The van der Waals surface area contributed by atoms with Crippen LogP contribution in [0.1, 0.15) is 27.0 Å². The zero-order chi connectivity index (χ0) is 22.1. The quantitative estimate of drug-likeness (QED) is 0.512. The van der Waals surface area contributed by atoms with Crippen molar-refractivity contribution in [2.24, 2.45) is 0 Å². The molecular formula is C26H27NO4. The van der Waals surface area contributed by atoms with Gasteiger partial charge in [-0.2, -0.15) is 0 Å². The van der Waals surface area contributed by atoms with Gasteiger partial charge in [-0.25, -0.2) is 0 Å². The summed E-state index contributed by atoms with van der Waals surface area (Å²) in [5, 5.41) is 12.7. The van der Waals surface area contributed by atoms with Crippen LogP contribution in [0.3, 0.4) is 0 Å². The maximum atomic E-state index is 12.9. The van der Waals surface area contributed by atoms with Crippen LogP contribution in [0.5, 0.6) is 11.5 Å². The van der Waals surface area contributed by atoms with E-state index in [1.54, 1.807) is 20.3 Å². The van der Waals surface area contributed by atoms with Gasteiger partial charge in [0, 0.05) is 5.56 Å². The van der Waals surface area contributed by atoms with E-state index >= 15 is 0 Å². The van der Waals surface area contributed by atoms with Gasteiger partial charge in [0.2, 0.25) is 0 Å². The van der Waals surface area contributed by atoms with Crippen LogP contribution in [0.4, 0.5) is 0 Å². The molecule has 2 N–H and O–H groups in total. The molecule has 0 aliphatic heterocycles. The molecule has 0 spiro atoms. The van der Waals surface area contributed by atoms with Gasteiger partial charge >= 0.3 is 0 Å². The Morgan fingerprint density at radius 2 is 1.65 bits per heavy atom. The molecule has 5 nitrogen and oxygen atoms in total. The zero-order valence-electron chi connectivity index (χ0n) is 17.7. The number of rotatable bonds is 9. The number of ether oxygens (including phenoxy) is 2. The average molecular weight is 418 g/mol. The van der Waals surface area contributed by atoms with Gasteiger partial charge in [0.15, 0.2) is 11.5 Å². The molecule has 3 rings (SSSR count). The fraction of sp³-hybridized carbons (Fsp3) is 0.192. The van der Waals surface area contributed by atoms with E-state index < -0.39 is 0 Å². The minimum absolute atomic E-state index is 0.135. The number of hydrogen-bond donors (Lipinski definition) is 2. The van der Waals surface area contributed by atoms with Crippen molar-refractivity contribution < 1.29 is 19.4 Å². The molecular weight excluding hydrogens is 390 g/mol. The second-order valence-corrected chi connectivity index (χ2v) is 7.08. The standard InChI is InChI=1S/C26H27NO4/c1-30-24-15-13-20(17-25(24)31-2)12-14-21-10-6-7-11-23(21)26(29)27-22(18-28)16-19-8-4-3-5-9-19/h3-15,17,22,28H,16,18H2,1-2H3,(H,27,29). The number of aliphatic hydroxyl groups is 1. The molecule has 0 aliphatic carbocycles. The van der Waals surface area contributed by atoms with Gasteiger partial charge in [-0.3, -0.25) is 4.79 Å². The number of amides is 1. The third kappa shape index (κ3) is 5.96. The lowest BCUT2D eigenvalue weighted by Crippen LogP contribution is -2.39. The molecule has 1 unspecified atom stereocenters. The number of carbonyl (C=O) groups excluding carboxylic acids is 1. The van der Waals surface area contributed by atoms with Gasteiger partial charge < -0.3 is 19.9 Å². The molecule has 0 aliphatic rings. The number of aliphatic hydroxyl groups excluding tert-OH is 1. The SMILES string of the molecule is COc1ccc(C=Cc2ccccc2C(=O)NC(CO)Cc2ccccc2)cc1OC. The normalized spacial score (nSPS) is 11.8. The lowest BCUT2D eigenvalue weighted by molar-refractivity contribution is 0.0916. The van der Waals surface area contributed by atoms with Gasteiger partial charge in [0.25, 0.3) is 5.91 Å². The van der Waals surface area contributed by atoms with E-state index in [0.717, 1.165) is 16.7 Å². The zero-order valence-corrected chi connectivity index (χ0v) is 17.7. The number of hydrogen-bond acceptors (Lipinski definition) is 4. The molecule has 0 heterocycles. The molecule has 3 aromatic carbocycles. The highest BCUT2D eigenvalue weighted by Gasteiger charge is 2.15. The molecule has 1 amide bonds. The van der Waals surface area contributed by atoms with E-state index in [9.17, 15) is 9.90 Å². The highest BCUT2D eigenvalue weighted by Crippen LogP contribution is 2.28. The van der Waals surface area contributed by atoms with E-state index in [1.807, 2.05) is 78.9 Å². The summed E-state index contributed by atoms with van der Waals surface area (Å²) in [5.74, 6) is 1.08. The topological polar surface area (TPSA) is 67.8 Å². The van der Waals surface area contributed by atoms with Crippen molar-refractivity contribution in [2.75, 3.05) is 20.8 Å². The molecule has 0 aromatic heterocycles. The maximum Gasteiger partial charge on any atom is 0.252 e. The summed E-state index contributed by atoms with van der Waals surface area (Å²) in [7, 11) is 3.19. The molecule has 0 saturated carbocycles. The summed E-state index contributed by atoms with van der Waals surface area (Å²) in [5.41, 5.74) is 3.31. The summed E-state index contributed by atoms with van der Waals surface area (Å²) >= 11 is 0.